The molecule has 0 saturated carbocycles. The van der Waals surface area contributed by atoms with Gasteiger partial charge in [-0.3, -0.25) is 4.79 Å². The number of para-hydroxylation sites is 1. The summed E-state index contributed by atoms with van der Waals surface area (Å²) >= 11 is 0. The van der Waals surface area contributed by atoms with E-state index < -0.39 is 0 Å². The minimum atomic E-state index is -0.0746. The summed E-state index contributed by atoms with van der Waals surface area (Å²) in [7, 11) is 0. The average molecular weight is 274 g/mol. The van der Waals surface area contributed by atoms with Crippen LogP contribution in [-0.4, -0.2) is 37.2 Å². The van der Waals surface area contributed by atoms with Crippen molar-refractivity contribution in [1.82, 2.24) is 5.32 Å². The molecule has 1 aromatic carbocycles. The lowest BCUT2D eigenvalue weighted by Crippen LogP contribution is -2.47. The van der Waals surface area contributed by atoms with Crippen molar-refractivity contribution in [3.63, 3.8) is 0 Å². The number of amides is 1. The zero-order valence-corrected chi connectivity index (χ0v) is 11.9. The molecule has 1 N–H and O–H groups in total. The van der Waals surface area contributed by atoms with Crippen LogP contribution in [0.5, 0.6) is 0 Å². The first kappa shape index (κ1) is 13.6. The van der Waals surface area contributed by atoms with Crippen LogP contribution < -0.4 is 10.2 Å². The monoisotopic (exact) mass is 274 g/mol. The van der Waals surface area contributed by atoms with Crippen molar-refractivity contribution in [3.8, 4) is 0 Å². The van der Waals surface area contributed by atoms with Crippen LogP contribution in [0, 0.1) is 0 Å². The highest BCUT2D eigenvalue weighted by Crippen LogP contribution is 2.22. The molecule has 0 radical (unpaired) electrons. The fraction of sp³-hybridized carbons (Fsp3) is 0.562. The maximum Gasteiger partial charge on any atom is 0.244 e. The van der Waals surface area contributed by atoms with Crippen LogP contribution in [0.4, 0.5) is 5.69 Å². The third-order valence-electron chi connectivity index (χ3n) is 4.26. The van der Waals surface area contributed by atoms with Crippen molar-refractivity contribution in [1.29, 1.82) is 0 Å². The van der Waals surface area contributed by atoms with Crippen LogP contribution in [0.1, 0.15) is 26.2 Å². The Morgan fingerprint density at radius 2 is 2.10 bits per heavy atom. The number of carbonyl (C=O) groups is 1. The SMILES string of the molecule is CC(NC1CCN(c2ccccc2)C1=O)C1CCCO1. The van der Waals surface area contributed by atoms with Crippen molar-refractivity contribution in [2.75, 3.05) is 18.1 Å². The van der Waals surface area contributed by atoms with Gasteiger partial charge in [0.25, 0.3) is 0 Å². The summed E-state index contributed by atoms with van der Waals surface area (Å²) < 4.78 is 5.68. The Labute approximate surface area is 120 Å². The predicted molar refractivity (Wildman–Crippen MR) is 78.8 cm³/mol. The van der Waals surface area contributed by atoms with E-state index in [-0.39, 0.29) is 24.1 Å². The summed E-state index contributed by atoms with van der Waals surface area (Å²) in [6.45, 7) is 3.76. The molecule has 2 aliphatic rings. The van der Waals surface area contributed by atoms with Crippen LogP contribution in [0.25, 0.3) is 0 Å². The molecular weight excluding hydrogens is 252 g/mol. The van der Waals surface area contributed by atoms with Gasteiger partial charge in [-0.25, -0.2) is 0 Å². The van der Waals surface area contributed by atoms with Crippen LogP contribution in [0.15, 0.2) is 30.3 Å². The first-order valence-corrected chi connectivity index (χ1v) is 7.50. The van der Waals surface area contributed by atoms with E-state index in [9.17, 15) is 4.79 Å². The van der Waals surface area contributed by atoms with Crippen LogP contribution in [0.2, 0.25) is 0 Å². The zero-order chi connectivity index (χ0) is 13.9. The topological polar surface area (TPSA) is 41.6 Å². The van der Waals surface area contributed by atoms with Crippen molar-refractivity contribution >= 4 is 11.6 Å². The molecule has 1 aromatic rings. The number of ether oxygens (including phenoxy) is 1. The Morgan fingerprint density at radius 3 is 2.80 bits per heavy atom. The quantitative estimate of drug-likeness (QED) is 0.912. The second kappa shape index (κ2) is 5.94. The fourth-order valence-electron chi connectivity index (χ4n) is 3.12. The molecular formula is C16H22N2O2. The molecule has 1 amide bonds. The largest absolute Gasteiger partial charge is 0.377 e. The number of nitrogens with one attached hydrogen (secondary N) is 1. The van der Waals surface area contributed by atoms with Gasteiger partial charge in [0, 0.05) is 24.9 Å². The Morgan fingerprint density at radius 1 is 1.30 bits per heavy atom. The van der Waals surface area contributed by atoms with Gasteiger partial charge in [0.1, 0.15) is 0 Å². The van der Waals surface area contributed by atoms with Crippen molar-refractivity contribution in [3.05, 3.63) is 30.3 Å². The second-order valence-corrected chi connectivity index (χ2v) is 5.67. The molecule has 3 unspecified atom stereocenters. The average Bonchev–Trinajstić information content (AvgIpc) is 3.11. The van der Waals surface area contributed by atoms with E-state index in [1.807, 2.05) is 35.2 Å². The van der Waals surface area contributed by atoms with Crippen molar-refractivity contribution < 1.29 is 9.53 Å². The summed E-state index contributed by atoms with van der Waals surface area (Å²) in [6, 6.07) is 10.1. The van der Waals surface area contributed by atoms with E-state index in [1.54, 1.807) is 0 Å². The minimum absolute atomic E-state index is 0.0746. The third-order valence-corrected chi connectivity index (χ3v) is 4.26. The van der Waals surface area contributed by atoms with Crippen LogP contribution in [0.3, 0.4) is 0 Å². The molecule has 2 heterocycles. The van der Waals surface area contributed by atoms with E-state index in [4.69, 9.17) is 4.74 Å². The summed E-state index contributed by atoms with van der Waals surface area (Å²) in [5, 5.41) is 3.45. The molecule has 20 heavy (non-hydrogen) atoms. The maximum absolute atomic E-state index is 12.5. The number of benzene rings is 1. The van der Waals surface area contributed by atoms with Gasteiger partial charge in [-0.2, -0.15) is 0 Å². The maximum atomic E-state index is 12.5. The molecule has 2 saturated heterocycles. The number of hydrogen-bond donors (Lipinski definition) is 1. The van der Waals surface area contributed by atoms with Gasteiger partial charge in [-0.05, 0) is 38.3 Å². The summed E-state index contributed by atoms with van der Waals surface area (Å²) in [6.07, 6.45) is 3.35. The molecule has 0 aromatic heterocycles. The lowest BCUT2D eigenvalue weighted by Gasteiger charge is -2.23. The summed E-state index contributed by atoms with van der Waals surface area (Å²) in [5.41, 5.74) is 0.992. The lowest BCUT2D eigenvalue weighted by atomic mass is 10.1. The van der Waals surface area contributed by atoms with Crippen molar-refractivity contribution in [2.24, 2.45) is 0 Å². The number of hydrogen-bond acceptors (Lipinski definition) is 3. The molecule has 2 fully saturated rings. The van der Waals surface area contributed by atoms with Crippen LogP contribution in [-0.2, 0) is 9.53 Å². The van der Waals surface area contributed by atoms with Gasteiger partial charge in [0.05, 0.1) is 12.1 Å². The molecule has 0 aliphatic carbocycles. The number of carbonyl (C=O) groups excluding carboxylic acids is 1. The molecule has 108 valence electrons. The Hall–Kier alpha value is -1.39. The first-order chi connectivity index (χ1) is 9.75. The highest BCUT2D eigenvalue weighted by atomic mass is 16.5. The van der Waals surface area contributed by atoms with Gasteiger partial charge < -0.3 is 15.0 Å². The third kappa shape index (κ3) is 2.72. The molecule has 3 atom stereocenters. The summed E-state index contributed by atoms with van der Waals surface area (Å²) in [4.78, 5) is 14.4. The Bertz CT molecular complexity index is 457. The van der Waals surface area contributed by atoms with E-state index in [2.05, 4.69) is 12.2 Å². The molecule has 0 bridgehead atoms. The molecule has 4 nitrogen and oxygen atoms in total. The van der Waals surface area contributed by atoms with Gasteiger partial charge in [0.15, 0.2) is 0 Å². The zero-order valence-electron chi connectivity index (χ0n) is 11.9. The standard InChI is InChI=1S/C16H22N2O2/c1-12(15-8-5-11-20-15)17-14-9-10-18(16(14)19)13-6-3-2-4-7-13/h2-4,6-7,12,14-15,17H,5,8-11H2,1H3. The summed E-state index contributed by atoms with van der Waals surface area (Å²) in [5.74, 6) is 0.182. The normalized spacial score (nSPS) is 28.1. The predicted octanol–water partition coefficient (Wildman–Crippen LogP) is 1.95. The minimum Gasteiger partial charge on any atom is -0.377 e. The fourth-order valence-corrected chi connectivity index (χ4v) is 3.12. The molecule has 2 aliphatic heterocycles. The highest BCUT2D eigenvalue weighted by molar-refractivity contribution is 5.99. The van der Waals surface area contributed by atoms with Gasteiger partial charge >= 0.3 is 0 Å². The smallest absolute Gasteiger partial charge is 0.244 e. The van der Waals surface area contributed by atoms with E-state index in [0.717, 1.165) is 38.1 Å². The van der Waals surface area contributed by atoms with Gasteiger partial charge in [-0.1, -0.05) is 18.2 Å². The highest BCUT2D eigenvalue weighted by Gasteiger charge is 2.35. The number of nitrogens with zero attached hydrogens (tertiary/aromatic N) is 1. The second-order valence-electron chi connectivity index (χ2n) is 5.67. The first-order valence-electron chi connectivity index (χ1n) is 7.50. The molecule has 4 heteroatoms. The number of rotatable bonds is 4. The molecule has 3 rings (SSSR count). The van der Waals surface area contributed by atoms with Crippen LogP contribution >= 0.6 is 0 Å². The van der Waals surface area contributed by atoms with Crippen molar-refractivity contribution in [2.45, 2.75) is 44.4 Å². The van der Waals surface area contributed by atoms with Gasteiger partial charge in [-0.15, -0.1) is 0 Å². The van der Waals surface area contributed by atoms with E-state index in [1.165, 1.54) is 0 Å². The van der Waals surface area contributed by atoms with E-state index in [0.29, 0.717) is 0 Å². The lowest BCUT2D eigenvalue weighted by molar-refractivity contribution is -0.119. The Balaban J connectivity index is 1.61. The Kier molecular flexibility index (Phi) is 4.03. The number of anilines is 1. The van der Waals surface area contributed by atoms with E-state index >= 15 is 0 Å². The molecule has 0 spiro atoms. The van der Waals surface area contributed by atoms with Gasteiger partial charge in [0.2, 0.25) is 5.91 Å².